The first-order chi connectivity index (χ1) is 12.0. The molecule has 130 valence electrons. The molecule has 1 fully saturated rings. The highest BCUT2D eigenvalue weighted by molar-refractivity contribution is 6.09. The Morgan fingerprint density at radius 1 is 1.20 bits per heavy atom. The van der Waals surface area contributed by atoms with E-state index in [-0.39, 0.29) is 5.78 Å². The third kappa shape index (κ3) is 2.85. The van der Waals surface area contributed by atoms with Gasteiger partial charge in [-0.15, -0.1) is 0 Å². The molecule has 0 bridgehead atoms. The van der Waals surface area contributed by atoms with Crippen LogP contribution in [0.25, 0.3) is 10.9 Å². The van der Waals surface area contributed by atoms with Gasteiger partial charge in [-0.1, -0.05) is 0 Å². The molecular weight excluding hydrogens is 314 g/mol. The molecule has 25 heavy (non-hydrogen) atoms. The van der Waals surface area contributed by atoms with E-state index in [4.69, 9.17) is 10.3 Å². The van der Waals surface area contributed by atoms with Crippen molar-refractivity contribution in [3.8, 4) is 0 Å². The highest BCUT2D eigenvalue weighted by atomic mass is 16.3. The maximum atomic E-state index is 12.7. The molecule has 4 rings (SSSR count). The fraction of sp³-hybridized carbons (Fsp3) is 0.350. The first-order valence-corrected chi connectivity index (χ1v) is 8.72. The Kier molecular flexibility index (Phi) is 3.88. The topological polar surface area (TPSA) is 64.4 Å². The third-order valence-electron chi connectivity index (χ3n) is 5.25. The molecule has 5 nitrogen and oxygen atoms in total. The lowest BCUT2D eigenvalue weighted by atomic mass is 9.89. The van der Waals surface area contributed by atoms with Gasteiger partial charge in [0.1, 0.15) is 5.76 Å². The predicted octanol–water partition coefficient (Wildman–Crippen LogP) is 3.30. The predicted molar refractivity (Wildman–Crippen MR) is 98.4 cm³/mol. The summed E-state index contributed by atoms with van der Waals surface area (Å²) in [4.78, 5) is 15.1. The Morgan fingerprint density at radius 2 is 1.96 bits per heavy atom. The number of benzene rings is 1. The highest BCUT2D eigenvalue weighted by Gasteiger charge is 2.23. The van der Waals surface area contributed by atoms with E-state index in [1.54, 1.807) is 10.7 Å². The summed E-state index contributed by atoms with van der Waals surface area (Å²) >= 11 is 0. The fourth-order valence-electron chi connectivity index (χ4n) is 3.77. The van der Waals surface area contributed by atoms with E-state index < -0.39 is 0 Å². The van der Waals surface area contributed by atoms with Crippen LogP contribution in [0.15, 0.2) is 40.9 Å². The van der Waals surface area contributed by atoms with E-state index in [2.05, 4.69) is 11.9 Å². The molecule has 3 aromatic rings. The second kappa shape index (κ2) is 6.08. The van der Waals surface area contributed by atoms with Crippen molar-refractivity contribution in [3.05, 3.63) is 59.2 Å². The van der Waals surface area contributed by atoms with Gasteiger partial charge in [0.2, 0.25) is 5.78 Å². The number of ketones is 1. The molecule has 0 radical (unpaired) electrons. The quantitative estimate of drug-likeness (QED) is 0.588. The lowest BCUT2D eigenvalue weighted by molar-refractivity contribution is 0.101. The zero-order valence-corrected chi connectivity index (χ0v) is 14.7. The highest BCUT2D eigenvalue weighted by Crippen LogP contribution is 2.34. The standard InChI is InChI=1S/C20H23N3O2/c1-13-3-6-19(25-13)20(24)15-4-5-18-16(11-15)17(12-23(18)21)14-7-9-22(2)10-8-14/h3-6,11-12,14H,7-10,21H2,1-2H3. The number of nitrogens with zero attached hydrogens (tertiary/aromatic N) is 2. The maximum Gasteiger partial charge on any atom is 0.228 e. The molecule has 2 N–H and O–H groups in total. The Balaban J connectivity index is 1.74. The molecule has 0 aliphatic carbocycles. The summed E-state index contributed by atoms with van der Waals surface area (Å²) in [5.41, 5.74) is 2.85. The van der Waals surface area contributed by atoms with E-state index in [1.807, 2.05) is 37.4 Å². The summed E-state index contributed by atoms with van der Waals surface area (Å²) in [5, 5.41) is 1.08. The van der Waals surface area contributed by atoms with E-state index >= 15 is 0 Å². The Morgan fingerprint density at radius 3 is 2.64 bits per heavy atom. The molecule has 0 atom stereocenters. The summed E-state index contributed by atoms with van der Waals surface area (Å²) in [7, 11) is 2.16. The van der Waals surface area contributed by atoms with Crippen molar-refractivity contribution in [2.75, 3.05) is 26.0 Å². The van der Waals surface area contributed by atoms with E-state index in [1.165, 1.54) is 5.56 Å². The largest absolute Gasteiger partial charge is 0.458 e. The molecular formula is C20H23N3O2. The van der Waals surface area contributed by atoms with Crippen LogP contribution in [0.2, 0.25) is 0 Å². The number of nitrogen functional groups attached to an aromatic ring is 1. The van der Waals surface area contributed by atoms with Crippen molar-refractivity contribution >= 4 is 16.7 Å². The van der Waals surface area contributed by atoms with Gasteiger partial charge in [-0.2, -0.15) is 0 Å². The van der Waals surface area contributed by atoms with Gasteiger partial charge in [0.25, 0.3) is 0 Å². The molecule has 0 saturated carbocycles. The minimum atomic E-state index is -0.0888. The van der Waals surface area contributed by atoms with E-state index in [9.17, 15) is 4.79 Å². The molecule has 0 unspecified atom stereocenters. The molecule has 0 amide bonds. The SMILES string of the molecule is Cc1ccc(C(=O)c2ccc3c(c2)c(C2CCN(C)CC2)cn3N)o1. The summed E-state index contributed by atoms with van der Waals surface area (Å²) < 4.78 is 7.17. The van der Waals surface area contributed by atoms with Crippen molar-refractivity contribution in [1.29, 1.82) is 0 Å². The number of carbonyl (C=O) groups is 1. The van der Waals surface area contributed by atoms with Crippen LogP contribution < -0.4 is 5.84 Å². The average molecular weight is 337 g/mol. The summed E-state index contributed by atoms with van der Waals surface area (Å²) in [6.07, 6.45) is 4.25. The van der Waals surface area contributed by atoms with Crippen LogP contribution in [-0.2, 0) is 0 Å². The molecule has 1 aliphatic heterocycles. The maximum absolute atomic E-state index is 12.7. The van der Waals surface area contributed by atoms with Gasteiger partial charge >= 0.3 is 0 Å². The monoisotopic (exact) mass is 337 g/mol. The molecule has 0 spiro atoms. The number of nitrogens with two attached hydrogens (primary N) is 1. The van der Waals surface area contributed by atoms with Crippen molar-refractivity contribution in [3.63, 3.8) is 0 Å². The van der Waals surface area contributed by atoms with Gasteiger partial charge in [-0.25, -0.2) is 0 Å². The average Bonchev–Trinajstić information content (AvgIpc) is 3.19. The van der Waals surface area contributed by atoms with E-state index in [0.29, 0.717) is 17.2 Å². The number of piperidine rings is 1. The Hall–Kier alpha value is -2.53. The number of aromatic nitrogens is 1. The summed E-state index contributed by atoms with van der Waals surface area (Å²) in [6.45, 7) is 4.02. The molecule has 2 aromatic heterocycles. The lowest BCUT2D eigenvalue weighted by Crippen LogP contribution is -2.29. The van der Waals surface area contributed by atoms with Gasteiger partial charge in [0, 0.05) is 17.1 Å². The summed E-state index contributed by atoms with van der Waals surface area (Å²) in [6, 6.07) is 9.26. The third-order valence-corrected chi connectivity index (χ3v) is 5.25. The number of aryl methyl sites for hydroxylation is 1. The molecule has 1 aliphatic rings. The van der Waals surface area contributed by atoms with Crippen LogP contribution in [0.1, 0.15) is 46.2 Å². The van der Waals surface area contributed by atoms with Crippen LogP contribution in [0, 0.1) is 6.92 Å². The molecule has 1 saturated heterocycles. The second-order valence-electron chi connectivity index (χ2n) is 7.04. The van der Waals surface area contributed by atoms with Crippen molar-refractivity contribution in [2.45, 2.75) is 25.7 Å². The Bertz CT molecular complexity index is 930. The van der Waals surface area contributed by atoms with Crippen LogP contribution in [-0.4, -0.2) is 35.5 Å². The van der Waals surface area contributed by atoms with Crippen LogP contribution in [0.4, 0.5) is 0 Å². The smallest absolute Gasteiger partial charge is 0.228 e. The molecule has 1 aromatic carbocycles. The number of furan rings is 1. The Labute approximate surface area is 147 Å². The van der Waals surface area contributed by atoms with E-state index in [0.717, 1.165) is 42.6 Å². The normalized spacial score (nSPS) is 16.6. The molecule has 3 heterocycles. The number of fused-ring (bicyclic) bond motifs is 1. The van der Waals surface area contributed by atoms with Gasteiger partial charge in [0.05, 0.1) is 5.52 Å². The number of hydrogen-bond donors (Lipinski definition) is 1. The van der Waals surface area contributed by atoms with Gasteiger partial charge < -0.3 is 15.2 Å². The lowest BCUT2D eigenvalue weighted by Gasteiger charge is -2.28. The van der Waals surface area contributed by atoms with Crippen LogP contribution in [0.5, 0.6) is 0 Å². The fourth-order valence-corrected chi connectivity index (χ4v) is 3.77. The second-order valence-corrected chi connectivity index (χ2v) is 7.04. The van der Waals surface area contributed by atoms with Crippen molar-refractivity contribution < 1.29 is 9.21 Å². The number of likely N-dealkylation sites (tertiary alicyclic amines) is 1. The number of rotatable bonds is 3. The van der Waals surface area contributed by atoms with Crippen LogP contribution >= 0.6 is 0 Å². The number of hydrogen-bond acceptors (Lipinski definition) is 4. The van der Waals surface area contributed by atoms with Gasteiger partial charge in [0.15, 0.2) is 5.76 Å². The molecule has 5 heteroatoms. The first-order valence-electron chi connectivity index (χ1n) is 8.72. The first kappa shape index (κ1) is 16.0. The number of carbonyl (C=O) groups excluding carboxylic acids is 1. The minimum absolute atomic E-state index is 0.0888. The van der Waals surface area contributed by atoms with Crippen LogP contribution in [0.3, 0.4) is 0 Å². The van der Waals surface area contributed by atoms with Gasteiger partial charge in [-0.05, 0) is 81.7 Å². The zero-order chi connectivity index (χ0) is 17.6. The van der Waals surface area contributed by atoms with Crippen molar-refractivity contribution in [1.82, 2.24) is 9.58 Å². The zero-order valence-electron chi connectivity index (χ0n) is 14.7. The van der Waals surface area contributed by atoms with Gasteiger partial charge in [-0.3, -0.25) is 9.47 Å². The summed E-state index contributed by atoms with van der Waals surface area (Å²) in [5.74, 6) is 7.67. The van der Waals surface area contributed by atoms with Crippen molar-refractivity contribution in [2.24, 2.45) is 0 Å². The minimum Gasteiger partial charge on any atom is -0.458 e.